The van der Waals surface area contributed by atoms with Crippen molar-refractivity contribution in [3.05, 3.63) is 84.4 Å². The molecule has 0 saturated heterocycles. The van der Waals surface area contributed by atoms with Crippen LogP contribution in [-0.2, 0) is 4.79 Å². The number of para-hydroxylation sites is 1. The van der Waals surface area contributed by atoms with Gasteiger partial charge in [0, 0.05) is 17.1 Å². The Kier molecular flexibility index (Phi) is 5.54. The molecule has 4 nitrogen and oxygen atoms in total. The van der Waals surface area contributed by atoms with Gasteiger partial charge in [0.15, 0.2) is 6.10 Å². The number of ether oxygens (including phenoxy) is 1. The molecule has 4 heteroatoms. The third-order valence-electron chi connectivity index (χ3n) is 3.89. The lowest BCUT2D eigenvalue weighted by Crippen LogP contribution is -2.30. The van der Waals surface area contributed by atoms with Gasteiger partial charge in [0.05, 0.1) is 0 Å². The van der Waals surface area contributed by atoms with Crippen LogP contribution in [0, 0.1) is 6.92 Å². The highest BCUT2D eigenvalue weighted by atomic mass is 16.5. The molecule has 1 amide bonds. The van der Waals surface area contributed by atoms with Gasteiger partial charge in [0.2, 0.25) is 0 Å². The van der Waals surface area contributed by atoms with Crippen LogP contribution in [0.4, 0.5) is 17.1 Å². The average molecular weight is 346 g/mol. The van der Waals surface area contributed by atoms with Gasteiger partial charge in [-0.1, -0.05) is 30.3 Å². The van der Waals surface area contributed by atoms with Gasteiger partial charge in [0.25, 0.3) is 5.91 Å². The SMILES string of the molecule is Cc1cccc(O[C@@H](C)C(=O)Nc2ccc(Nc3ccccc3)cc2)c1. The maximum atomic E-state index is 12.3. The zero-order chi connectivity index (χ0) is 18.4. The number of hydrogen-bond donors (Lipinski definition) is 2. The smallest absolute Gasteiger partial charge is 0.265 e. The maximum absolute atomic E-state index is 12.3. The Labute approximate surface area is 153 Å². The molecule has 132 valence electrons. The molecular formula is C22H22N2O2. The Morgan fingerprint density at radius 1 is 0.846 bits per heavy atom. The van der Waals surface area contributed by atoms with E-state index in [1.54, 1.807) is 6.92 Å². The molecule has 2 N–H and O–H groups in total. The van der Waals surface area contributed by atoms with Gasteiger partial charge in [0.1, 0.15) is 5.75 Å². The second-order valence-corrected chi connectivity index (χ2v) is 6.13. The minimum atomic E-state index is -0.584. The second kappa shape index (κ2) is 8.21. The second-order valence-electron chi connectivity index (χ2n) is 6.13. The van der Waals surface area contributed by atoms with E-state index in [1.807, 2.05) is 85.8 Å². The van der Waals surface area contributed by atoms with Crippen LogP contribution in [0.3, 0.4) is 0 Å². The molecule has 0 fully saturated rings. The molecule has 3 rings (SSSR count). The summed E-state index contributed by atoms with van der Waals surface area (Å²) in [7, 11) is 0. The maximum Gasteiger partial charge on any atom is 0.265 e. The molecular weight excluding hydrogens is 324 g/mol. The summed E-state index contributed by atoms with van der Waals surface area (Å²) in [5.41, 5.74) is 3.80. The molecule has 0 aromatic heterocycles. The predicted octanol–water partition coefficient (Wildman–Crippen LogP) is 5.14. The summed E-state index contributed by atoms with van der Waals surface area (Å²) in [5.74, 6) is 0.505. The van der Waals surface area contributed by atoms with Crippen molar-refractivity contribution < 1.29 is 9.53 Å². The number of aryl methyl sites for hydroxylation is 1. The van der Waals surface area contributed by atoms with E-state index in [9.17, 15) is 4.79 Å². The molecule has 0 heterocycles. The molecule has 0 aliphatic heterocycles. The van der Waals surface area contributed by atoms with Crippen molar-refractivity contribution >= 4 is 23.0 Å². The van der Waals surface area contributed by atoms with Crippen LogP contribution in [-0.4, -0.2) is 12.0 Å². The van der Waals surface area contributed by atoms with E-state index >= 15 is 0 Å². The summed E-state index contributed by atoms with van der Waals surface area (Å²) in [5, 5.41) is 6.18. The molecule has 3 aromatic rings. The molecule has 26 heavy (non-hydrogen) atoms. The van der Waals surface area contributed by atoms with Crippen LogP contribution in [0.15, 0.2) is 78.9 Å². The predicted molar refractivity (Wildman–Crippen MR) is 106 cm³/mol. The van der Waals surface area contributed by atoms with Gasteiger partial charge in [-0.3, -0.25) is 4.79 Å². The average Bonchev–Trinajstić information content (AvgIpc) is 2.64. The molecule has 1 atom stereocenters. The fourth-order valence-corrected chi connectivity index (χ4v) is 2.52. The Morgan fingerprint density at radius 2 is 1.50 bits per heavy atom. The number of anilines is 3. The molecule has 3 aromatic carbocycles. The molecule has 0 bridgehead atoms. The first-order chi connectivity index (χ1) is 12.6. The molecule has 0 aliphatic carbocycles. The van der Waals surface area contributed by atoms with E-state index in [1.165, 1.54) is 0 Å². The van der Waals surface area contributed by atoms with Gasteiger partial charge in [-0.15, -0.1) is 0 Å². The van der Waals surface area contributed by atoms with Crippen molar-refractivity contribution in [2.75, 3.05) is 10.6 Å². The lowest BCUT2D eigenvalue weighted by atomic mass is 10.2. The summed E-state index contributed by atoms with van der Waals surface area (Å²) in [4.78, 5) is 12.3. The van der Waals surface area contributed by atoms with E-state index in [0.717, 1.165) is 22.6 Å². The van der Waals surface area contributed by atoms with Crippen molar-refractivity contribution in [1.29, 1.82) is 0 Å². The lowest BCUT2D eigenvalue weighted by Gasteiger charge is -2.15. The van der Waals surface area contributed by atoms with E-state index in [-0.39, 0.29) is 5.91 Å². The Morgan fingerprint density at radius 3 is 2.19 bits per heavy atom. The monoisotopic (exact) mass is 346 g/mol. The minimum Gasteiger partial charge on any atom is -0.481 e. The van der Waals surface area contributed by atoms with Gasteiger partial charge < -0.3 is 15.4 Å². The van der Waals surface area contributed by atoms with Gasteiger partial charge in [-0.05, 0) is 67.9 Å². The zero-order valence-electron chi connectivity index (χ0n) is 14.9. The van der Waals surface area contributed by atoms with Crippen LogP contribution in [0.2, 0.25) is 0 Å². The molecule has 0 aliphatic rings. The van der Waals surface area contributed by atoms with E-state index in [2.05, 4.69) is 10.6 Å². The lowest BCUT2D eigenvalue weighted by molar-refractivity contribution is -0.122. The first-order valence-electron chi connectivity index (χ1n) is 8.56. The molecule has 0 radical (unpaired) electrons. The van der Waals surface area contributed by atoms with E-state index in [4.69, 9.17) is 4.74 Å². The summed E-state index contributed by atoms with van der Waals surface area (Å²) in [6, 6.07) is 25.2. The van der Waals surface area contributed by atoms with Crippen molar-refractivity contribution in [2.24, 2.45) is 0 Å². The van der Waals surface area contributed by atoms with Crippen molar-refractivity contribution in [3.8, 4) is 5.75 Å². The number of carbonyl (C=O) groups is 1. The first kappa shape index (κ1) is 17.5. The largest absolute Gasteiger partial charge is 0.481 e. The topological polar surface area (TPSA) is 50.4 Å². The third kappa shape index (κ3) is 4.86. The van der Waals surface area contributed by atoms with Gasteiger partial charge in [-0.2, -0.15) is 0 Å². The Balaban J connectivity index is 1.57. The van der Waals surface area contributed by atoms with E-state index < -0.39 is 6.10 Å². The number of nitrogens with one attached hydrogen (secondary N) is 2. The highest BCUT2D eigenvalue weighted by molar-refractivity contribution is 5.94. The number of carbonyl (C=O) groups excluding carboxylic acids is 1. The molecule has 0 spiro atoms. The highest BCUT2D eigenvalue weighted by Crippen LogP contribution is 2.19. The van der Waals surface area contributed by atoms with E-state index in [0.29, 0.717) is 5.75 Å². The molecule has 0 unspecified atom stereocenters. The fourth-order valence-electron chi connectivity index (χ4n) is 2.52. The van der Waals surface area contributed by atoms with Crippen LogP contribution >= 0.6 is 0 Å². The number of benzene rings is 3. The van der Waals surface area contributed by atoms with Crippen molar-refractivity contribution in [3.63, 3.8) is 0 Å². The van der Waals surface area contributed by atoms with Crippen LogP contribution in [0.1, 0.15) is 12.5 Å². The van der Waals surface area contributed by atoms with Crippen LogP contribution in [0.5, 0.6) is 5.75 Å². The summed E-state index contributed by atoms with van der Waals surface area (Å²) in [6.45, 7) is 3.73. The Hall–Kier alpha value is -3.27. The normalized spacial score (nSPS) is 11.5. The summed E-state index contributed by atoms with van der Waals surface area (Å²) >= 11 is 0. The highest BCUT2D eigenvalue weighted by Gasteiger charge is 2.14. The van der Waals surface area contributed by atoms with Crippen molar-refractivity contribution in [1.82, 2.24) is 0 Å². The summed E-state index contributed by atoms with van der Waals surface area (Å²) in [6.07, 6.45) is -0.584. The van der Waals surface area contributed by atoms with Crippen molar-refractivity contribution in [2.45, 2.75) is 20.0 Å². The third-order valence-corrected chi connectivity index (χ3v) is 3.89. The molecule has 0 saturated carbocycles. The zero-order valence-corrected chi connectivity index (χ0v) is 14.9. The standard InChI is InChI=1S/C22H22N2O2/c1-16-7-6-10-21(15-16)26-17(2)22(25)24-20-13-11-19(12-14-20)23-18-8-4-3-5-9-18/h3-15,17,23H,1-2H3,(H,24,25)/t17-/m0/s1. The summed E-state index contributed by atoms with van der Waals surface area (Å²) < 4.78 is 5.71. The fraction of sp³-hybridized carbons (Fsp3) is 0.136. The van der Waals surface area contributed by atoms with Crippen LogP contribution in [0.25, 0.3) is 0 Å². The Bertz CT molecular complexity index is 861. The van der Waals surface area contributed by atoms with Gasteiger partial charge >= 0.3 is 0 Å². The first-order valence-corrected chi connectivity index (χ1v) is 8.56. The minimum absolute atomic E-state index is 0.185. The quantitative estimate of drug-likeness (QED) is 0.649. The number of hydrogen-bond acceptors (Lipinski definition) is 3. The van der Waals surface area contributed by atoms with Crippen LogP contribution < -0.4 is 15.4 Å². The number of rotatable bonds is 6. The van der Waals surface area contributed by atoms with Gasteiger partial charge in [-0.25, -0.2) is 0 Å². The number of amides is 1.